The van der Waals surface area contributed by atoms with E-state index in [4.69, 9.17) is 0 Å². The van der Waals surface area contributed by atoms with Crippen LogP contribution in [0.2, 0.25) is 0 Å². The van der Waals surface area contributed by atoms with Gasteiger partial charge in [-0.15, -0.1) is 24.0 Å². The van der Waals surface area contributed by atoms with E-state index in [0.29, 0.717) is 18.9 Å². The van der Waals surface area contributed by atoms with Gasteiger partial charge in [0.25, 0.3) is 0 Å². The van der Waals surface area contributed by atoms with E-state index in [1.165, 1.54) is 0 Å². The Morgan fingerprint density at radius 2 is 1.78 bits per heavy atom. The molecule has 0 aromatic heterocycles. The number of carbonyl (C=O) groups is 1. The fourth-order valence-electron chi connectivity index (χ4n) is 1.21. The van der Waals surface area contributed by atoms with Crippen LogP contribution in [-0.2, 0) is 4.79 Å². The zero-order valence-electron chi connectivity index (χ0n) is 12.1. The monoisotopic (exact) mass is 370 g/mol. The summed E-state index contributed by atoms with van der Waals surface area (Å²) in [5, 5.41) is 6.34. The molecule has 0 saturated carbocycles. The average molecular weight is 370 g/mol. The van der Waals surface area contributed by atoms with Crippen LogP contribution in [0.1, 0.15) is 26.7 Å². The minimum atomic E-state index is 0. The Morgan fingerprint density at radius 1 is 1.22 bits per heavy atom. The smallest absolute Gasteiger partial charge is 0.223 e. The molecule has 108 valence electrons. The van der Waals surface area contributed by atoms with Gasteiger partial charge < -0.3 is 15.5 Å². The van der Waals surface area contributed by atoms with Crippen LogP contribution in [-0.4, -0.2) is 51.0 Å². The van der Waals surface area contributed by atoms with E-state index in [1.807, 2.05) is 0 Å². The molecule has 0 radical (unpaired) electrons. The number of carbonyl (C=O) groups excluding carboxylic acids is 1. The number of amides is 1. The van der Waals surface area contributed by atoms with E-state index in [9.17, 15) is 4.79 Å². The maximum absolute atomic E-state index is 11.3. The molecule has 0 bridgehead atoms. The molecule has 0 rings (SSSR count). The standard InChI is InChI=1S/C12H26N4O.HI/c1-10(2)6-8-14-12(13-3)15-9-7-11(17)16(4)5;/h10H,6-9H2,1-5H3,(H2,13,14,15);1H. The summed E-state index contributed by atoms with van der Waals surface area (Å²) in [6, 6.07) is 0. The molecule has 2 N–H and O–H groups in total. The number of hydrogen-bond donors (Lipinski definition) is 2. The second-order valence-electron chi connectivity index (χ2n) is 4.65. The third-order valence-corrected chi connectivity index (χ3v) is 2.37. The minimum Gasteiger partial charge on any atom is -0.356 e. The molecule has 0 spiro atoms. The van der Waals surface area contributed by atoms with Gasteiger partial charge in [-0.1, -0.05) is 13.8 Å². The molecule has 18 heavy (non-hydrogen) atoms. The van der Waals surface area contributed by atoms with Crippen molar-refractivity contribution >= 4 is 35.8 Å². The third kappa shape index (κ3) is 10.6. The Hall–Kier alpha value is -0.530. The van der Waals surface area contributed by atoms with E-state index in [1.54, 1.807) is 26.0 Å². The maximum atomic E-state index is 11.3. The van der Waals surface area contributed by atoms with Gasteiger partial charge in [-0.2, -0.15) is 0 Å². The first-order valence-corrected chi connectivity index (χ1v) is 6.12. The molecule has 0 heterocycles. The molecule has 0 aliphatic carbocycles. The summed E-state index contributed by atoms with van der Waals surface area (Å²) in [4.78, 5) is 17.0. The van der Waals surface area contributed by atoms with Crippen LogP contribution in [0.25, 0.3) is 0 Å². The topological polar surface area (TPSA) is 56.7 Å². The van der Waals surface area contributed by atoms with Crippen molar-refractivity contribution in [3.8, 4) is 0 Å². The lowest BCUT2D eigenvalue weighted by Crippen LogP contribution is -2.39. The van der Waals surface area contributed by atoms with Gasteiger partial charge in [0.2, 0.25) is 5.91 Å². The van der Waals surface area contributed by atoms with Gasteiger partial charge in [-0.05, 0) is 12.3 Å². The number of nitrogens with zero attached hydrogens (tertiary/aromatic N) is 2. The number of rotatable bonds is 6. The van der Waals surface area contributed by atoms with Gasteiger partial charge in [0.15, 0.2) is 5.96 Å². The van der Waals surface area contributed by atoms with Crippen molar-refractivity contribution in [2.45, 2.75) is 26.7 Å². The first-order chi connectivity index (χ1) is 7.97. The molecule has 0 aromatic carbocycles. The van der Waals surface area contributed by atoms with Crippen molar-refractivity contribution in [1.82, 2.24) is 15.5 Å². The third-order valence-electron chi connectivity index (χ3n) is 2.37. The van der Waals surface area contributed by atoms with Crippen molar-refractivity contribution in [2.24, 2.45) is 10.9 Å². The molecule has 0 unspecified atom stereocenters. The number of guanidine groups is 1. The fraction of sp³-hybridized carbons (Fsp3) is 0.833. The van der Waals surface area contributed by atoms with Crippen molar-refractivity contribution in [3.05, 3.63) is 0 Å². The highest BCUT2D eigenvalue weighted by molar-refractivity contribution is 14.0. The maximum Gasteiger partial charge on any atom is 0.223 e. The Kier molecular flexibility index (Phi) is 12.7. The number of hydrogen-bond acceptors (Lipinski definition) is 2. The Morgan fingerprint density at radius 3 is 2.22 bits per heavy atom. The summed E-state index contributed by atoms with van der Waals surface area (Å²) in [6.45, 7) is 5.89. The minimum absolute atomic E-state index is 0. The van der Waals surface area contributed by atoms with Crippen LogP contribution in [0.4, 0.5) is 0 Å². The SMILES string of the molecule is CN=C(NCCC(=O)N(C)C)NCCC(C)C.I. The lowest BCUT2D eigenvalue weighted by atomic mass is 10.1. The largest absolute Gasteiger partial charge is 0.356 e. The second kappa shape index (κ2) is 11.6. The van der Waals surface area contributed by atoms with Crippen LogP contribution in [0.5, 0.6) is 0 Å². The molecule has 5 nitrogen and oxygen atoms in total. The summed E-state index contributed by atoms with van der Waals surface area (Å²) >= 11 is 0. The first kappa shape index (κ1) is 19.8. The van der Waals surface area contributed by atoms with Crippen molar-refractivity contribution in [1.29, 1.82) is 0 Å². The molecular weight excluding hydrogens is 343 g/mol. The zero-order valence-corrected chi connectivity index (χ0v) is 14.4. The van der Waals surface area contributed by atoms with E-state index < -0.39 is 0 Å². The molecular formula is C12H27IN4O. The lowest BCUT2D eigenvalue weighted by molar-refractivity contribution is -0.128. The highest BCUT2D eigenvalue weighted by Crippen LogP contribution is 1.95. The molecule has 0 saturated heterocycles. The van der Waals surface area contributed by atoms with Gasteiger partial charge in [0, 0.05) is 40.7 Å². The van der Waals surface area contributed by atoms with Crippen LogP contribution in [0.15, 0.2) is 4.99 Å². The summed E-state index contributed by atoms with van der Waals surface area (Å²) in [5.74, 6) is 1.56. The molecule has 0 aromatic rings. The highest BCUT2D eigenvalue weighted by atomic mass is 127. The normalized spacial score (nSPS) is 10.9. The summed E-state index contributed by atoms with van der Waals surface area (Å²) in [5.41, 5.74) is 0. The van der Waals surface area contributed by atoms with Crippen LogP contribution >= 0.6 is 24.0 Å². The Bertz CT molecular complexity index is 254. The van der Waals surface area contributed by atoms with Crippen molar-refractivity contribution in [2.75, 3.05) is 34.2 Å². The van der Waals surface area contributed by atoms with Crippen LogP contribution < -0.4 is 10.6 Å². The van der Waals surface area contributed by atoms with E-state index in [2.05, 4.69) is 29.5 Å². The predicted octanol–water partition coefficient (Wildman–Crippen LogP) is 1.29. The molecule has 0 aliphatic rings. The van der Waals surface area contributed by atoms with Gasteiger partial charge in [0.1, 0.15) is 0 Å². The van der Waals surface area contributed by atoms with Gasteiger partial charge >= 0.3 is 0 Å². The zero-order chi connectivity index (χ0) is 13.3. The Labute approximate surface area is 128 Å². The first-order valence-electron chi connectivity index (χ1n) is 6.12. The highest BCUT2D eigenvalue weighted by Gasteiger charge is 2.04. The van der Waals surface area contributed by atoms with E-state index >= 15 is 0 Å². The molecule has 0 aliphatic heterocycles. The van der Waals surface area contributed by atoms with Gasteiger partial charge in [-0.25, -0.2) is 0 Å². The quantitative estimate of drug-likeness (QED) is 0.421. The van der Waals surface area contributed by atoms with Crippen molar-refractivity contribution < 1.29 is 4.79 Å². The molecule has 1 amide bonds. The fourth-order valence-corrected chi connectivity index (χ4v) is 1.21. The van der Waals surface area contributed by atoms with Crippen LogP contribution in [0.3, 0.4) is 0 Å². The number of halogens is 1. The van der Waals surface area contributed by atoms with E-state index in [0.717, 1.165) is 18.9 Å². The number of aliphatic imine (C=N–C) groups is 1. The van der Waals surface area contributed by atoms with Crippen molar-refractivity contribution in [3.63, 3.8) is 0 Å². The summed E-state index contributed by atoms with van der Waals surface area (Å²) < 4.78 is 0. The summed E-state index contributed by atoms with van der Waals surface area (Å²) in [7, 11) is 5.26. The van der Waals surface area contributed by atoms with Crippen LogP contribution in [0, 0.1) is 5.92 Å². The molecule has 0 fully saturated rings. The molecule has 0 atom stereocenters. The van der Waals surface area contributed by atoms with Gasteiger partial charge in [0.05, 0.1) is 0 Å². The lowest BCUT2D eigenvalue weighted by Gasteiger charge is -2.14. The predicted molar refractivity (Wildman–Crippen MR) is 87.5 cm³/mol. The van der Waals surface area contributed by atoms with Gasteiger partial charge in [-0.3, -0.25) is 9.79 Å². The Balaban J connectivity index is 0. The number of nitrogens with one attached hydrogen (secondary N) is 2. The summed E-state index contributed by atoms with van der Waals surface area (Å²) in [6.07, 6.45) is 1.59. The molecule has 6 heteroatoms. The second-order valence-corrected chi connectivity index (χ2v) is 4.65. The average Bonchev–Trinajstić information content (AvgIpc) is 2.26. The van der Waals surface area contributed by atoms with E-state index in [-0.39, 0.29) is 29.9 Å².